The molecule has 0 aromatic carbocycles. The van der Waals surface area contributed by atoms with E-state index in [4.69, 9.17) is 5.11 Å². The molecule has 1 atom stereocenters. The van der Waals surface area contributed by atoms with Gasteiger partial charge in [-0.25, -0.2) is 13.1 Å². The molecule has 1 aliphatic rings. The molecular weight excluding hydrogens is 218 g/mol. The van der Waals surface area contributed by atoms with Gasteiger partial charge in [-0.15, -0.1) is 0 Å². The van der Waals surface area contributed by atoms with Crippen LogP contribution in [0.5, 0.6) is 0 Å². The van der Waals surface area contributed by atoms with Gasteiger partial charge in [-0.05, 0) is 24.7 Å². The maximum absolute atomic E-state index is 11.5. The second-order valence-corrected chi connectivity index (χ2v) is 6.20. The Bertz CT molecular complexity index is 332. The van der Waals surface area contributed by atoms with Gasteiger partial charge in [0.1, 0.15) is 6.04 Å². The summed E-state index contributed by atoms with van der Waals surface area (Å²) in [6, 6.07) is -1.02. The van der Waals surface area contributed by atoms with Crippen LogP contribution in [-0.2, 0) is 14.8 Å². The average molecular weight is 235 g/mol. The summed E-state index contributed by atoms with van der Waals surface area (Å²) < 4.78 is 25.3. The summed E-state index contributed by atoms with van der Waals surface area (Å²) in [5, 5.41) is 8.83. The van der Waals surface area contributed by atoms with Gasteiger partial charge in [0, 0.05) is 0 Å². The number of hydrogen-bond acceptors (Lipinski definition) is 3. The lowest BCUT2D eigenvalue weighted by molar-refractivity contribution is -0.140. The Morgan fingerprint density at radius 1 is 1.47 bits per heavy atom. The number of sulfonamides is 1. The predicted molar refractivity (Wildman–Crippen MR) is 55.9 cm³/mol. The molecule has 0 bridgehead atoms. The molecule has 0 amide bonds. The van der Waals surface area contributed by atoms with Gasteiger partial charge in [0.05, 0.1) is 5.75 Å². The Balaban J connectivity index is 2.59. The highest BCUT2D eigenvalue weighted by Gasteiger charge is 2.32. The first kappa shape index (κ1) is 12.4. The normalized spacial score (nSPS) is 19.1. The van der Waals surface area contributed by atoms with Crippen LogP contribution in [0.2, 0.25) is 0 Å². The Kier molecular flexibility index (Phi) is 3.72. The average Bonchev–Trinajstić information content (AvgIpc) is 2.82. The maximum Gasteiger partial charge on any atom is 0.321 e. The van der Waals surface area contributed by atoms with Crippen molar-refractivity contribution in [2.75, 3.05) is 5.75 Å². The van der Waals surface area contributed by atoms with Crippen LogP contribution < -0.4 is 4.72 Å². The van der Waals surface area contributed by atoms with Crippen LogP contribution in [0.4, 0.5) is 0 Å². The zero-order chi connectivity index (χ0) is 11.6. The van der Waals surface area contributed by atoms with Crippen molar-refractivity contribution in [2.45, 2.75) is 32.7 Å². The maximum atomic E-state index is 11.5. The number of hydrogen-bond donors (Lipinski definition) is 2. The molecule has 15 heavy (non-hydrogen) atoms. The quantitative estimate of drug-likeness (QED) is 0.699. The molecule has 0 spiro atoms. The van der Waals surface area contributed by atoms with Gasteiger partial charge in [0.25, 0.3) is 0 Å². The van der Waals surface area contributed by atoms with Crippen molar-refractivity contribution >= 4 is 16.0 Å². The Labute approximate surface area is 89.9 Å². The van der Waals surface area contributed by atoms with E-state index >= 15 is 0 Å². The van der Waals surface area contributed by atoms with Gasteiger partial charge in [0.15, 0.2) is 0 Å². The van der Waals surface area contributed by atoms with Crippen molar-refractivity contribution in [3.05, 3.63) is 0 Å². The summed E-state index contributed by atoms with van der Waals surface area (Å²) >= 11 is 0. The molecule has 1 fully saturated rings. The van der Waals surface area contributed by atoms with Crippen LogP contribution in [0.25, 0.3) is 0 Å². The molecular formula is C9H17NO4S. The molecule has 1 aliphatic carbocycles. The van der Waals surface area contributed by atoms with Gasteiger partial charge in [-0.3, -0.25) is 4.79 Å². The molecule has 1 rings (SSSR count). The lowest BCUT2D eigenvalue weighted by Gasteiger charge is -2.17. The molecule has 0 aliphatic heterocycles. The first-order valence-corrected chi connectivity index (χ1v) is 6.70. The summed E-state index contributed by atoms with van der Waals surface area (Å²) in [7, 11) is -3.44. The van der Waals surface area contributed by atoms with Crippen LogP contribution in [0.15, 0.2) is 0 Å². The molecule has 1 saturated carbocycles. The summed E-state index contributed by atoms with van der Waals surface area (Å²) in [5.41, 5.74) is 0. The van der Waals surface area contributed by atoms with Gasteiger partial charge >= 0.3 is 5.97 Å². The van der Waals surface area contributed by atoms with Crippen molar-refractivity contribution in [3.8, 4) is 0 Å². The molecule has 0 radical (unpaired) electrons. The minimum absolute atomic E-state index is 0.0590. The second-order valence-electron chi connectivity index (χ2n) is 4.40. The number of rotatable bonds is 6. The van der Waals surface area contributed by atoms with Crippen LogP contribution in [-0.4, -0.2) is 31.3 Å². The smallest absolute Gasteiger partial charge is 0.321 e. The SMILES string of the molecule is CC(C)C(NS(=O)(=O)CC1CC1)C(=O)O. The number of carboxylic acids is 1. The van der Waals surface area contributed by atoms with Crippen LogP contribution in [0, 0.1) is 11.8 Å². The number of aliphatic carboxylic acids is 1. The van der Waals surface area contributed by atoms with Crippen molar-refractivity contribution in [1.29, 1.82) is 0 Å². The Morgan fingerprint density at radius 3 is 2.33 bits per heavy atom. The second kappa shape index (κ2) is 4.49. The standard InChI is InChI=1S/C9H17NO4S/c1-6(2)8(9(11)12)10-15(13,14)5-7-3-4-7/h6-8,10H,3-5H2,1-2H3,(H,11,12). The minimum Gasteiger partial charge on any atom is -0.480 e. The third kappa shape index (κ3) is 4.17. The first-order valence-electron chi connectivity index (χ1n) is 5.04. The van der Waals surface area contributed by atoms with E-state index in [-0.39, 0.29) is 17.6 Å². The van der Waals surface area contributed by atoms with E-state index in [9.17, 15) is 13.2 Å². The predicted octanol–water partition coefficient (Wildman–Crippen LogP) is 0.425. The third-order valence-corrected chi connectivity index (χ3v) is 3.91. The molecule has 0 aromatic heterocycles. The number of carbonyl (C=O) groups is 1. The summed E-state index contributed by atoms with van der Waals surface area (Å²) in [5.74, 6) is -1.09. The molecule has 0 heterocycles. The molecule has 6 heteroatoms. The monoisotopic (exact) mass is 235 g/mol. The van der Waals surface area contributed by atoms with Crippen molar-refractivity contribution < 1.29 is 18.3 Å². The fourth-order valence-corrected chi connectivity index (χ4v) is 3.12. The fraction of sp³-hybridized carbons (Fsp3) is 0.889. The zero-order valence-electron chi connectivity index (χ0n) is 8.93. The molecule has 0 aromatic rings. The molecule has 2 N–H and O–H groups in total. The van der Waals surface area contributed by atoms with E-state index < -0.39 is 22.0 Å². The van der Waals surface area contributed by atoms with E-state index in [1.807, 2.05) is 0 Å². The van der Waals surface area contributed by atoms with Crippen molar-refractivity contribution in [3.63, 3.8) is 0 Å². The van der Waals surface area contributed by atoms with Crippen LogP contribution in [0.3, 0.4) is 0 Å². The minimum atomic E-state index is -3.44. The third-order valence-electron chi connectivity index (χ3n) is 2.39. The number of nitrogens with one attached hydrogen (secondary N) is 1. The largest absolute Gasteiger partial charge is 0.480 e. The molecule has 0 saturated heterocycles. The Hall–Kier alpha value is -0.620. The molecule has 88 valence electrons. The topological polar surface area (TPSA) is 83.5 Å². The van der Waals surface area contributed by atoms with E-state index in [1.54, 1.807) is 13.8 Å². The fourth-order valence-electron chi connectivity index (χ4n) is 1.31. The molecule has 5 nitrogen and oxygen atoms in total. The highest BCUT2D eigenvalue weighted by atomic mass is 32.2. The van der Waals surface area contributed by atoms with Gasteiger partial charge < -0.3 is 5.11 Å². The van der Waals surface area contributed by atoms with Crippen molar-refractivity contribution in [1.82, 2.24) is 4.72 Å². The van der Waals surface area contributed by atoms with E-state index in [1.165, 1.54) is 0 Å². The van der Waals surface area contributed by atoms with E-state index in [0.717, 1.165) is 12.8 Å². The van der Waals surface area contributed by atoms with Crippen molar-refractivity contribution in [2.24, 2.45) is 11.8 Å². The van der Waals surface area contributed by atoms with Gasteiger partial charge in [-0.2, -0.15) is 0 Å². The lowest BCUT2D eigenvalue weighted by Crippen LogP contribution is -2.45. The highest BCUT2D eigenvalue weighted by Crippen LogP contribution is 2.30. The zero-order valence-corrected chi connectivity index (χ0v) is 9.75. The summed E-state index contributed by atoms with van der Waals surface area (Å²) in [4.78, 5) is 10.8. The summed E-state index contributed by atoms with van der Waals surface area (Å²) in [6.07, 6.45) is 1.86. The van der Waals surface area contributed by atoms with Gasteiger partial charge in [0.2, 0.25) is 10.0 Å². The number of carboxylic acid groups (broad SMARTS) is 1. The van der Waals surface area contributed by atoms with E-state index in [2.05, 4.69) is 4.72 Å². The summed E-state index contributed by atoms with van der Waals surface area (Å²) in [6.45, 7) is 3.36. The lowest BCUT2D eigenvalue weighted by atomic mass is 10.1. The first-order chi connectivity index (χ1) is 6.82. The van der Waals surface area contributed by atoms with Crippen LogP contribution >= 0.6 is 0 Å². The Morgan fingerprint density at radius 2 is 2.00 bits per heavy atom. The van der Waals surface area contributed by atoms with E-state index in [0.29, 0.717) is 0 Å². The highest BCUT2D eigenvalue weighted by molar-refractivity contribution is 7.89. The molecule has 1 unspecified atom stereocenters. The van der Waals surface area contributed by atoms with Crippen LogP contribution in [0.1, 0.15) is 26.7 Å². The van der Waals surface area contributed by atoms with Gasteiger partial charge in [-0.1, -0.05) is 13.8 Å².